The van der Waals surface area contributed by atoms with Gasteiger partial charge in [-0.05, 0) is 19.1 Å². The standard InChI is InChI=1S/C16H25NO3/c1-2-19-15-6-5-7-16(14-15)20-13-12-18-11-10-17-8-3-4-9-17/h5-7,14H,2-4,8-13H2,1H3/p+1. The van der Waals surface area contributed by atoms with Crippen molar-refractivity contribution in [2.24, 2.45) is 0 Å². The molecular formula is C16H26NO3+. The molecule has 0 aromatic heterocycles. The van der Waals surface area contributed by atoms with Crippen molar-refractivity contribution >= 4 is 0 Å². The molecule has 0 atom stereocenters. The smallest absolute Gasteiger partial charge is 0.123 e. The SMILES string of the molecule is CCOc1cccc(OCCOCC[NH+]2CCCC2)c1. The molecule has 1 aliphatic heterocycles. The number of benzene rings is 1. The van der Waals surface area contributed by atoms with E-state index in [2.05, 4.69) is 0 Å². The molecule has 2 rings (SSSR count). The molecular weight excluding hydrogens is 254 g/mol. The molecule has 0 radical (unpaired) electrons. The van der Waals surface area contributed by atoms with Crippen LogP contribution in [0, 0.1) is 0 Å². The van der Waals surface area contributed by atoms with Gasteiger partial charge < -0.3 is 19.1 Å². The minimum atomic E-state index is 0.588. The summed E-state index contributed by atoms with van der Waals surface area (Å²) in [5.41, 5.74) is 0. The molecule has 112 valence electrons. The van der Waals surface area contributed by atoms with Gasteiger partial charge in [-0.15, -0.1) is 0 Å². The van der Waals surface area contributed by atoms with Gasteiger partial charge in [-0.25, -0.2) is 0 Å². The second kappa shape index (κ2) is 8.82. The molecule has 4 nitrogen and oxygen atoms in total. The molecule has 1 heterocycles. The average Bonchev–Trinajstić information content (AvgIpc) is 2.97. The van der Waals surface area contributed by atoms with Gasteiger partial charge in [0.1, 0.15) is 24.7 Å². The molecule has 1 aromatic rings. The van der Waals surface area contributed by atoms with Crippen LogP contribution in [-0.2, 0) is 4.74 Å². The molecule has 0 saturated carbocycles. The number of hydrogen-bond acceptors (Lipinski definition) is 3. The molecule has 0 unspecified atom stereocenters. The minimum Gasteiger partial charge on any atom is -0.494 e. The molecule has 0 amide bonds. The molecule has 1 N–H and O–H groups in total. The summed E-state index contributed by atoms with van der Waals surface area (Å²) in [7, 11) is 0. The Morgan fingerprint density at radius 2 is 1.75 bits per heavy atom. The Labute approximate surface area is 121 Å². The fraction of sp³-hybridized carbons (Fsp3) is 0.625. The van der Waals surface area contributed by atoms with Gasteiger partial charge in [0.05, 0.1) is 32.9 Å². The van der Waals surface area contributed by atoms with Crippen molar-refractivity contribution in [3.05, 3.63) is 24.3 Å². The molecule has 1 aliphatic rings. The van der Waals surface area contributed by atoms with Crippen LogP contribution >= 0.6 is 0 Å². The third-order valence-electron chi connectivity index (χ3n) is 3.52. The van der Waals surface area contributed by atoms with Gasteiger partial charge in [0, 0.05) is 18.9 Å². The lowest BCUT2D eigenvalue weighted by molar-refractivity contribution is -0.887. The van der Waals surface area contributed by atoms with Crippen molar-refractivity contribution in [3.63, 3.8) is 0 Å². The fourth-order valence-electron chi connectivity index (χ4n) is 2.48. The number of rotatable bonds is 9. The maximum absolute atomic E-state index is 5.65. The summed E-state index contributed by atoms with van der Waals surface area (Å²) in [6.07, 6.45) is 2.74. The topological polar surface area (TPSA) is 32.1 Å². The van der Waals surface area contributed by atoms with Crippen molar-refractivity contribution in [1.29, 1.82) is 0 Å². The fourth-order valence-corrected chi connectivity index (χ4v) is 2.48. The van der Waals surface area contributed by atoms with E-state index in [1.54, 1.807) is 4.90 Å². The highest BCUT2D eigenvalue weighted by Gasteiger charge is 2.14. The van der Waals surface area contributed by atoms with E-state index >= 15 is 0 Å². The Hall–Kier alpha value is -1.26. The molecule has 0 aliphatic carbocycles. The van der Waals surface area contributed by atoms with Crippen LogP contribution in [0.2, 0.25) is 0 Å². The van der Waals surface area contributed by atoms with E-state index in [0.717, 1.165) is 24.7 Å². The Balaban J connectivity index is 1.54. The highest BCUT2D eigenvalue weighted by molar-refractivity contribution is 5.32. The maximum Gasteiger partial charge on any atom is 0.123 e. The first-order valence-corrected chi connectivity index (χ1v) is 7.65. The Morgan fingerprint density at radius 1 is 1.00 bits per heavy atom. The van der Waals surface area contributed by atoms with Crippen LogP contribution in [0.1, 0.15) is 19.8 Å². The van der Waals surface area contributed by atoms with Crippen molar-refractivity contribution in [1.82, 2.24) is 0 Å². The van der Waals surface area contributed by atoms with E-state index in [1.807, 2.05) is 31.2 Å². The summed E-state index contributed by atoms with van der Waals surface area (Å²) in [6.45, 7) is 8.46. The summed E-state index contributed by atoms with van der Waals surface area (Å²) in [5, 5.41) is 0. The second-order valence-corrected chi connectivity index (χ2v) is 5.08. The quantitative estimate of drug-likeness (QED) is 0.689. The van der Waals surface area contributed by atoms with Gasteiger partial charge in [0.25, 0.3) is 0 Å². The Morgan fingerprint density at radius 3 is 2.50 bits per heavy atom. The lowest BCUT2D eigenvalue weighted by Gasteiger charge is -2.12. The van der Waals surface area contributed by atoms with Crippen LogP contribution < -0.4 is 14.4 Å². The number of hydrogen-bond donors (Lipinski definition) is 1. The zero-order valence-corrected chi connectivity index (χ0v) is 12.4. The highest BCUT2D eigenvalue weighted by atomic mass is 16.5. The van der Waals surface area contributed by atoms with E-state index in [1.165, 1.54) is 25.9 Å². The van der Waals surface area contributed by atoms with E-state index < -0.39 is 0 Å². The van der Waals surface area contributed by atoms with Crippen LogP contribution in [0.25, 0.3) is 0 Å². The monoisotopic (exact) mass is 280 g/mol. The summed E-state index contributed by atoms with van der Waals surface area (Å²) in [6, 6.07) is 7.73. The van der Waals surface area contributed by atoms with E-state index in [0.29, 0.717) is 19.8 Å². The number of nitrogens with one attached hydrogen (secondary N) is 1. The molecule has 0 bridgehead atoms. The molecule has 1 saturated heterocycles. The predicted octanol–water partition coefficient (Wildman–Crippen LogP) is 1.16. The lowest BCUT2D eigenvalue weighted by atomic mass is 10.3. The van der Waals surface area contributed by atoms with Gasteiger partial charge in [-0.1, -0.05) is 6.07 Å². The van der Waals surface area contributed by atoms with Crippen molar-refractivity contribution < 1.29 is 19.1 Å². The molecule has 20 heavy (non-hydrogen) atoms. The Kier molecular flexibility index (Phi) is 6.68. The van der Waals surface area contributed by atoms with E-state index in [4.69, 9.17) is 14.2 Å². The number of quaternary nitrogens is 1. The van der Waals surface area contributed by atoms with Crippen molar-refractivity contribution in [2.75, 3.05) is 46.1 Å². The lowest BCUT2D eigenvalue weighted by Crippen LogP contribution is -3.10. The summed E-state index contributed by atoms with van der Waals surface area (Å²) in [5.74, 6) is 1.69. The van der Waals surface area contributed by atoms with Gasteiger partial charge in [0.2, 0.25) is 0 Å². The van der Waals surface area contributed by atoms with Crippen molar-refractivity contribution in [2.45, 2.75) is 19.8 Å². The van der Waals surface area contributed by atoms with Gasteiger partial charge in [0.15, 0.2) is 0 Å². The maximum atomic E-state index is 5.65. The van der Waals surface area contributed by atoms with Gasteiger partial charge in [-0.2, -0.15) is 0 Å². The summed E-state index contributed by atoms with van der Waals surface area (Å²) >= 11 is 0. The van der Waals surface area contributed by atoms with Crippen LogP contribution in [-0.4, -0.2) is 46.1 Å². The van der Waals surface area contributed by atoms with Gasteiger partial charge >= 0.3 is 0 Å². The molecule has 4 heteroatoms. The summed E-state index contributed by atoms with van der Waals surface area (Å²) in [4.78, 5) is 1.68. The first-order chi connectivity index (χ1) is 9.88. The van der Waals surface area contributed by atoms with Crippen LogP contribution in [0.4, 0.5) is 0 Å². The van der Waals surface area contributed by atoms with Crippen molar-refractivity contribution in [3.8, 4) is 11.5 Å². The number of likely N-dealkylation sites (tertiary alicyclic amines) is 1. The van der Waals surface area contributed by atoms with Crippen LogP contribution in [0.3, 0.4) is 0 Å². The molecule has 1 aromatic carbocycles. The van der Waals surface area contributed by atoms with Crippen LogP contribution in [0.5, 0.6) is 11.5 Å². The zero-order valence-electron chi connectivity index (χ0n) is 12.4. The third-order valence-corrected chi connectivity index (χ3v) is 3.52. The largest absolute Gasteiger partial charge is 0.494 e. The second-order valence-electron chi connectivity index (χ2n) is 5.08. The number of ether oxygens (including phenoxy) is 3. The minimum absolute atomic E-state index is 0.588. The first kappa shape index (κ1) is 15.1. The molecule has 1 fully saturated rings. The first-order valence-electron chi connectivity index (χ1n) is 7.65. The Bertz CT molecular complexity index is 378. The highest BCUT2D eigenvalue weighted by Crippen LogP contribution is 2.19. The molecule has 0 spiro atoms. The van der Waals surface area contributed by atoms with Crippen LogP contribution in [0.15, 0.2) is 24.3 Å². The van der Waals surface area contributed by atoms with Gasteiger partial charge in [-0.3, -0.25) is 0 Å². The van der Waals surface area contributed by atoms with E-state index in [9.17, 15) is 0 Å². The third kappa shape index (κ3) is 5.39. The van der Waals surface area contributed by atoms with E-state index in [-0.39, 0.29) is 0 Å². The average molecular weight is 280 g/mol. The normalized spacial score (nSPS) is 15.4. The zero-order chi connectivity index (χ0) is 14.0. The predicted molar refractivity (Wildman–Crippen MR) is 78.7 cm³/mol. The summed E-state index contributed by atoms with van der Waals surface area (Å²) < 4.78 is 16.7.